The number of allylic oxidation sites excluding steroid dienone is 4. The second kappa shape index (κ2) is 5.04. The van der Waals surface area contributed by atoms with E-state index in [-0.39, 0.29) is 6.42 Å². The predicted molar refractivity (Wildman–Crippen MR) is 78.6 cm³/mol. The maximum atomic E-state index is 13.0. The summed E-state index contributed by atoms with van der Waals surface area (Å²) in [7, 11) is 0. The van der Waals surface area contributed by atoms with Crippen molar-refractivity contribution in [2.45, 2.75) is 12.3 Å². The molecule has 0 saturated heterocycles. The minimum absolute atomic E-state index is 0.223. The van der Waals surface area contributed by atoms with Crippen molar-refractivity contribution in [3.8, 4) is 11.1 Å². The summed E-state index contributed by atoms with van der Waals surface area (Å²) in [5.41, 5.74) is 4.10. The smallest absolute Gasteiger partial charge is 0.202 e. The quantitative estimate of drug-likeness (QED) is 0.690. The van der Waals surface area contributed by atoms with Gasteiger partial charge in [-0.25, -0.2) is 8.78 Å². The number of hydrogen-bond donors (Lipinski definition) is 0. The van der Waals surface area contributed by atoms with E-state index in [0.29, 0.717) is 0 Å². The maximum Gasteiger partial charge on any atom is 0.270 e. The molecule has 20 heavy (non-hydrogen) atoms. The Labute approximate surface area is 117 Å². The second-order valence-electron chi connectivity index (χ2n) is 4.90. The second-order valence-corrected chi connectivity index (χ2v) is 4.90. The van der Waals surface area contributed by atoms with Crippen LogP contribution in [0.4, 0.5) is 8.78 Å². The predicted octanol–water partition coefficient (Wildman–Crippen LogP) is 5.33. The van der Waals surface area contributed by atoms with Crippen LogP contribution in [0.2, 0.25) is 0 Å². The van der Waals surface area contributed by atoms with Gasteiger partial charge in [0.05, 0.1) is 0 Å². The van der Waals surface area contributed by atoms with E-state index in [9.17, 15) is 8.78 Å². The number of halogens is 2. The molecule has 1 aliphatic carbocycles. The molecule has 0 aliphatic heterocycles. The van der Waals surface area contributed by atoms with Crippen LogP contribution in [-0.2, 0) is 0 Å². The molecule has 100 valence electrons. The van der Waals surface area contributed by atoms with E-state index in [0.717, 1.165) is 28.3 Å². The number of hydrogen-bond acceptors (Lipinski definition) is 0. The molecule has 0 N–H and O–H groups in total. The zero-order chi connectivity index (χ0) is 14.0. The fourth-order valence-electron chi connectivity index (χ4n) is 2.29. The third kappa shape index (κ3) is 2.69. The molecule has 1 aliphatic rings. The molecule has 3 rings (SSSR count). The molecule has 0 radical (unpaired) electrons. The number of benzene rings is 2. The first-order chi connectivity index (χ1) is 9.64. The number of alkyl halides is 2. The molecule has 2 aromatic rings. The van der Waals surface area contributed by atoms with Gasteiger partial charge < -0.3 is 0 Å². The van der Waals surface area contributed by atoms with Crippen LogP contribution in [-0.4, -0.2) is 5.92 Å². The van der Waals surface area contributed by atoms with Gasteiger partial charge in [-0.3, -0.25) is 0 Å². The molecule has 0 atom stereocenters. The van der Waals surface area contributed by atoms with Crippen molar-refractivity contribution in [3.63, 3.8) is 0 Å². The van der Waals surface area contributed by atoms with E-state index in [4.69, 9.17) is 0 Å². The third-order valence-corrected chi connectivity index (χ3v) is 3.43. The standard InChI is InChI=1S/C18H14F2/c19-18(20)12-10-17(11-13-18)16-8-6-15(7-9-16)14-4-2-1-3-5-14/h1-12H,13H2. The molecule has 0 unspecified atom stereocenters. The molecule has 0 spiro atoms. The lowest BCUT2D eigenvalue weighted by Crippen LogP contribution is -2.12. The van der Waals surface area contributed by atoms with Gasteiger partial charge in [-0.05, 0) is 28.3 Å². The molecule has 0 bridgehead atoms. The van der Waals surface area contributed by atoms with E-state index >= 15 is 0 Å². The maximum absolute atomic E-state index is 13.0. The first-order valence-corrected chi connectivity index (χ1v) is 6.57. The Morgan fingerprint density at radius 1 is 0.750 bits per heavy atom. The Morgan fingerprint density at radius 2 is 1.35 bits per heavy atom. The Kier molecular flexibility index (Phi) is 3.23. The fraction of sp³-hybridized carbons (Fsp3) is 0.111. The van der Waals surface area contributed by atoms with Crippen molar-refractivity contribution < 1.29 is 8.78 Å². The van der Waals surface area contributed by atoms with E-state index in [1.54, 1.807) is 6.08 Å². The molecule has 0 nitrogen and oxygen atoms in total. The topological polar surface area (TPSA) is 0 Å². The van der Waals surface area contributed by atoms with Crippen molar-refractivity contribution in [3.05, 3.63) is 78.4 Å². The van der Waals surface area contributed by atoms with Crippen molar-refractivity contribution in [2.24, 2.45) is 0 Å². The van der Waals surface area contributed by atoms with Crippen LogP contribution < -0.4 is 0 Å². The van der Waals surface area contributed by atoms with Gasteiger partial charge in [-0.1, -0.05) is 66.7 Å². The molecule has 0 fully saturated rings. The van der Waals surface area contributed by atoms with Crippen molar-refractivity contribution >= 4 is 5.57 Å². The van der Waals surface area contributed by atoms with Crippen LogP contribution in [0.25, 0.3) is 16.7 Å². The van der Waals surface area contributed by atoms with Crippen LogP contribution in [0.3, 0.4) is 0 Å². The van der Waals surface area contributed by atoms with Crippen molar-refractivity contribution in [1.82, 2.24) is 0 Å². The van der Waals surface area contributed by atoms with E-state index in [1.165, 1.54) is 6.08 Å². The Balaban J connectivity index is 1.85. The summed E-state index contributed by atoms with van der Waals surface area (Å²) < 4.78 is 26.1. The summed E-state index contributed by atoms with van der Waals surface area (Å²) in [5.74, 6) is -2.70. The average molecular weight is 268 g/mol. The zero-order valence-electron chi connectivity index (χ0n) is 10.9. The molecule has 2 aromatic carbocycles. The minimum Gasteiger partial charge on any atom is -0.202 e. The summed E-state index contributed by atoms with van der Waals surface area (Å²) in [4.78, 5) is 0. The zero-order valence-corrected chi connectivity index (χ0v) is 10.9. The summed E-state index contributed by atoms with van der Waals surface area (Å²) in [6, 6.07) is 18.1. The third-order valence-electron chi connectivity index (χ3n) is 3.43. The molecular formula is C18H14F2. The molecule has 0 aromatic heterocycles. The highest BCUT2D eigenvalue weighted by atomic mass is 19.3. The van der Waals surface area contributed by atoms with Crippen molar-refractivity contribution in [2.75, 3.05) is 0 Å². The highest BCUT2D eigenvalue weighted by Crippen LogP contribution is 2.31. The van der Waals surface area contributed by atoms with Crippen LogP contribution in [0.1, 0.15) is 12.0 Å². The van der Waals surface area contributed by atoms with Gasteiger partial charge in [-0.2, -0.15) is 0 Å². The van der Waals surface area contributed by atoms with Crippen LogP contribution in [0, 0.1) is 0 Å². The fourth-order valence-corrected chi connectivity index (χ4v) is 2.29. The first-order valence-electron chi connectivity index (χ1n) is 6.57. The average Bonchev–Trinajstić information content (AvgIpc) is 2.48. The van der Waals surface area contributed by atoms with Gasteiger partial charge in [0.2, 0.25) is 0 Å². The van der Waals surface area contributed by atoms with Gasteiger partial charge in [0.15, 0.2) is 0 Å². The summed E-state index contributed by atoms with van der Waals surface area (Å²) in [6.07, 6.45) is 3.85. The molecule has 2 heteroatoms. The summed E-state index contributed by atoms with van der Waals surface area (Å²) >= 11 is 0. The lowest BCUT2D eigenvalue weighted by Gasteiger charge is -2.15. The lowest BCUT2D eigenvalue weighted by molar-refractivity contribution is 0.0579. The van der Waals surface area contributed by atoms with Gasteiger partial charge in [0, 0.05) is 6.42 Å². The first kappa shape index (κ1) is 12.8. The van der Waals surface area contributed by atoms with Crippen LogP contribution in [0.5, 0.6) is 0 Å². The number of rotatable bonds is 2. The minimum atomic E-state index is -2.70. The van der Waals surface area contributed by atoms with Gasteiger partial charge >= 0.3 is 0 Å². The largest absolute Gasteiger partial charge is 0.270 e. The Morgan fingerprint density at radius 3 is 1.95 bits per heavy atom. The lowest BCUT2D eigenvalue weighted by atomic mass is 9.96. The van der Waals surface area contributed by atoms with E-state index in [2.05, 4.69) is 12.1 Å². The Hall–Kier alpha value is -2.22. The highest BCUT2D eigenvalue weighted by molar-refractivity contribution is 5.77. The SMILES string of the molecule is FC1(F)C=CC(c2ccc(-c3ccccc3)cc2)=CC1. The summed E-state index contributed by atoms with van der Waals surface area (Å²) in [5, 5.41) is 0. The highest BCUT2D eigenvalue weighted by Gasteiger charge is 2.26. The monoisotopic (exact) mass is 268 g/mol. The molecule has 0 saturated carbocycles. The summed E-state index contributed by atoms with van der Waals surface area (Å²) in [6.45, 7) is 0. The van der Waals surface area contributed by atoms with Gasteiger partial charge in [0.1, 0.15) is 0 Å². The molecular weight excluding hydrogens is 254 g/mol. The van der Waals surface area contributed by atoms with Crippen molar-refractivity contribution in [1.29, 1.82) is 0 Å². The van der Waals surface area contributed by atoms with E-state index < -0.39 is 5.92 Å². The van der Waals surface area contributed by atoms with Gasteiger partial charge in [-0.15, -0.1) is 0 Å². The Bertz CT molecular complexity index is 650. The van der Waals surface area contributed by atoms with Crippen LogP contribution in [0.15, 0.2) is 72.8 Å². The molecule has 0 amide bonds. The van der Waals surface area contributed by atoms with Crippen LogP contribution >= 0.6 is 0 Å². The van der Waals surface area contributed by atoms with Gasteiger partial charge in [0.25, 0.3) is 5.92 Å². The van der Waals surface area contributed by atoms with E-state index in [1.807, 2.05) is 42.5 Å². The normalized spacial score (nSPS) is 16.8. The molecule has 0 heterocycles.